The van der Waals surface area contributed by atoms with Gasteiger partial charge in [0, 0.05) is 31.6 Å². The van der Waals surface area contributed by atoms with E-state index in [-0.39, 0.29) is 29.4 Å². The largest absolute Gasteiger partial charge is 0.379 e. The number of aryl methyl sites for hydroxylation is 1. The highest BCUT2D eigenvalue weighted by atomic mass is 32.2. The van der Waals surface area contributed by atoms with Crippen LogP contribution in [0.25, 0.3) is 0 Å². The van der Waals surface area contributed by atoms with Crippen LogP contribution < -0.4 is 10.7 Å². The van der Waals surface area contributed by atoms with Crippen molar-refractivity contribution in [2.75, 3.05) is 31.6 Å². The van der Waals surface area contributed by atoms with Crippen LogP contribution >= 0.6 is 0 Å². The third kappa shape index (κ3) is 3.92. The van der Waals surface area contributed by atoms with E-state index in [9.17, 15) is 18.0 Å². The quantitative estimate of drug-likeness (QED) is 0.775. The molecule has 2 amide bonds. The first kappa shape index (κ1) is 18.5. The molecule has 0 saturated carbocycles. The van der Waals surface area contributed by atoms with Crippen LogP contribution in [-0.4, -0.2) is 56.6 Å². The van der Waals surface area contributed by atoms with E-state index in [2.05, 4.69) is 15.8 Å². The summed E-state index contributed by atoms with van der Waals surface area (Å²) in [5.74, 6) is -0.709. The summed E-state index contributed by atoms with van der Waals surface area (Å²) in [5.41, 5.74) is 3.41. The summed E-state index contributed by atoms with van der Waals surface area (Å²) in [6.07, 6.45) is 0.430. The van der Waals surface area contributed by atoms with E-state index in [4.69, 9.17) is 4.74 Å². The Hall–Kier alpha value is -2.30. The van der Waals surface area contributed by atoms with E-state index >= 15 is 0 Å². The Balaban J connectivity index is 1.81. The number of benzene rings is 1. The summed E-state index contributed by atoms with van der Waals surface area (Å²) in [4.78, 5) is 23.5. The van der Waals surface area contributed by atoms with E-state index in [1.54, 1.807) is 19.1 Å². The zero-order chi connectivity index (χ0) is 18.7. The Bertz CT molecular complexity index is 859. The predicted molar refractivity (Wildman–Crippen MR) is 94.2 cm³/mol. The van der Waals surface area contributed by atoms with Gasteiger partial charge >= 0.3 is 0 Å². The molecule has 1 fully saturated rings. The number of morpholine rings is 1. The van der Waals surface area contributed by atoms with Crippen molar-refractivity contribution in [3.05, 3.63) is 23.8 Å². The molecule has 1 aromatic rings. The molecule has 0 aliphatic carbocycles. The predicted octanol–water partition coefficient (Wildman–Crippen LogP) is 0.220. The van der Waals surface area contributed by atoms with Gasteiger partial charge in [0.1, 0.15) is 5.71 Å². The molecule has 1 aromatic carbocycles. The van der Waals surface area contributed by atoms with Gasteiger partial charge in [-0.05, 0) is 24.6 Å². The van der Waals surface area contributed by atoms with E-state index in [1.807, 2.05) is 0 Å². The fourth-order valence-corrected chi connectivity index (χ4v) is 4.38. The first-order chi connectivity index (χ1) is 12.4. The van der Waals surface area contributed by atoms with E-state index in [1.165, 1.54) is 10.4 Å². The summed E-state index contributed by atoms with van der Waals surface area (Å²) in [6.45, 7) is 3.03. The van der Waals surface area contributed by atoms with Crippen molar-refractivity contribution in [2.24, 2.45) is 5.10 Å². The fourth-order valence-electron chi connectivity index (χ4n) is 2.72. The second-order valence-corrected chi connectivity index (χ2v) is 7.95. The summed E-state index contributed by atoms with van der Waals surface area (Å²) in [6, 6.07) is 4.72. The van der Waals surface area contributed by atoms with Crippen LogP contribution in [0.5, 0.6) is 0 Å². The van der Waals surface area contributed by atoms with Crippen molar-refractivity contribution in [3.8, 4) is 0 Å². The summed E-state index contributed by atoms with van der Waals surface area (Å²) < 4.78 is 32.3. The first-order valence-corrected chi connectivity index (χ1v) is 9.67. The number of sulfonamides is 1. The number of rotatable bonds is 4. The molecule has 0 bridgehead atoms. The van der Waals surface area contributed by atoms with Gasteiger partial charge < -0.3 is 10.1 Å². The SMILES string of the molecule is Cc1ccc(NC(=O)C2=NNC(=O)CC2)cc1S(=O)(=O)N1CCOCC1. The molecule has 2 heterocycles. The minimum absolute atomic E-state index is 0.149. The summed E-state index contributed by atoms with van der Waals surface area (Å²) in [7, 11) is -3.67. The Morgan fingerprint density at radius 1 is 1.27 bits per heavy atom. The molecule has 9 nitrogen and oxygen atoms in total. The molecule has 10 heteroatoms. The number of carbonyl (C=O) groups is 2. The van der Waals surface area contributed by atoms with Crippen LogP contribution in [0.3, 0.4) is 0 Å². The van der Waals surface area contributed by atoms with Crippen molar-refractivity contribution < 1.29 is 22.7 Å². The van der Waals surface area contributed by atoms with Crippen LogP contribution in [0.1, 0.15) is 18.4 Å². The number of amides is 2. The number of hydrogen-bond acceptors (Lipinski definition) is 6. The molecule has 2 aliphatic rings. The number of carbonyl (C=O) groups excluding carboxylic acids is 2. The smallest absolute Gasteiger partial charge is 0.271 e. The van der Waals surface area contributed by atoms with Gasteiger partial charge in [0.15, 0.2) is 0 Å². The highest BCUT2D eigenvalue weighted by Gasteiger charge is 2.28. The molecule has 0 spiro atoms. The summed E-state index contributed by atoms with van der Waals surface area (Å²) >= 11 is 0. The zero-order valence-electron chi connectivity index (χ0n) is 14.3. The Morgan fingerprint density at radius 2 is 2.00 bits per heavy atom. The number of hydrazone groups is 1. The minimum Gasteiger partial charge on any atom is -0.379 e. The van der Waals surface area contributed by atoms with Gasteiger partial charge in [0.25, 0.3) is 5.91 Å². The van der Waals surface area contributed by atoms with Gasteiger partial charge in [-0.2, -0.15) is 9.41 Å². The first-order valence-electron chi connectivity index (χ1n) is 8.23. The number of ether oxygens (including phenoxy) is 1. The van der Waals surface area contributed by atoms with Crippen molar-refractivity contribution in [2.45, 2.75) is 24.7 Å². The van der Waals surface area contributed by atoms with E-state index in [0.29, 0.717) is 37.6 Å². The maximum atomic E-state index is 12.9. The topological polar surface area (TPSA) is 117 Å². The molecule has 0 aromatic heterocycles. The number of hydrogen-bond donors (Lipinski definition) is 2. The normalized spacial score (nSPS) is 18.8. The second-order valence-electron chi connectivity index (χ2n) is 6.04. The lowest BCUT2D eigenvalue weighted by Gasteiger charge is -2.26. The maximum Gasteiger partial charge on any atom is 0.271 e. The van der Waals surface area contributed by atoms with Gasteiger partial charge in [0.05, 0.1) is 18.1 Å². The number of nitrogens with one attached hydrogen (secondary N) is 2. The van der Waals surface area contributed by atoms with Crippen molar-refractivity contribution in [3.63, 3.8) is 0 Å². The lowest BCUT2D eigenvalue weighted by molar-refractivity contribution is -0.121. The van der Waals surface area contributed by atoms with Gasteiger partial charge in [0.2, 0.25) is 15.9 Å². The molecular weight excluding hydrogens is 360 g/mol. The van der Waals surface area contributed by atoms with E-state index < -0.39 is 15.9 Å². The van der Waals surface area contributed by atoms with Crippen LogP contribution in [0.15, 0.2) is 28.2 Å². The van der Waals surface area contributed by atoms with E-state index in [0.717, 1.165) is 0 Å². The third-order valence-electron chi connectivity index (χ3n) is 4.20. The standard InChI is InChI=1S/C16H20N4O5S/c1-11-2-3-12(17-16(22)13-4-5-15(21)19-18-13)10-14(11)26(23,24)20-6-8-25-9-7-20/h2-3,10H,4-9H2,1H3,(H,17,22)(H,19,21). The monoisotopic (exact) mass is 380 g/mol. The second kappa shape index (κ2) is 7.52. The Morgan fingerprint density at radius 3 is 2.65 bits per heavy atom. The van der Waals surface area contributed by atoms with Gasteiger partial charge in [-0.3, -0.25) is 9.59 Å². The Labute approximate surface area is 151 Å². The molecule has 0 unspecified atom stereocenters. The molecule has 0 radical (unpaired) electrons. The van der Waals surface area contributed by atoms with Crippen LogP contribution in [-0.2, 0) is 24.3 Å². The summed E-state index contributed by atoms with van der Waals surface area (Å²) in [5, 5.41) is 6.37. The van der Waals surface area contributed by atoms with Gasteiger partial charge in [-0.25, -0.2) is 13.8 Å². The molecule has 0 atom stereocenters. The highest BCUT2D eigenvalue weighted by molar-refractivity contribution is 7.89. The number of anilines is 1. The molecule has 2 N–H and O–H groups in total. The average molecular weight is 380 g/mol. The molecule has 2 aliphatic heterocycles. The molecule has 3 rings (SSSR count). The molecule has 140 valence electrons. The molecule has 26 heavy (non-hydrogen) atoms. The lowest BCUT2D eigenvalue weighted by atomic mass is 10.1. The zero-order valence-corrected chi connectivity index (χ0v) is 15.1. The lowest BCUT2D eigenvalue weighted by Crippen LogP contribution is -2.40. The van der Waals surface area contributed by atoms with Crippen molar-refractivity contribution >= 4 is 33.2 Å². The third-order valence-corrected chi connectivity index (χ3v) is 6.24. The highest BCUT2D eigenvalue weighted by Crippen LogP contribution is 2.24. The molecule has 1 saturated heterocycles. The van der Waals surface area contributed by atoms with Crippen LogP contribution in [0, 0.1) is 6.92 Å². The van der Waals surface area contributed by atoms with Crippen LogP contribution in [0.2, 0.25) is 0 Å². The minimum atomic E-state index is -3.67. The van der Waals surface area contributed by atoms with Gasteiger partial charge in [-0.1, -0.05) is 6.07 Å². The van der Waals surface area contributed by atoms with Crippen molar-refractivity contribution in [1.29, 1.82) is 0 Å². The van der Waals surface area contributed by atoms with Crippen LogP contribution in [0.4, 0.5) is 5.69 Å². The maximum absolute atomic E-state index is 12.9. The Kier molecular flexibility index (Phi) is 5.35. The average Bonchev–Trinajstić information content (AvgIpc) is 2.64. The molecular formula is C16H20N4O5S. The van der Waals surface area contributed by atoms with Gasteiger partial charge in [-0.15, -0.1) is 0 Å². The number of nitrogens with zero attached hydrogens (tertiary/aromatic N) is 2. The fraction of sp³-hybridized carbons (Fsp3) is 0.438. The van der Waals surface area contributed by atoms with Crippen molar-refractivity contribution in [1.82, 2.24) is 9.73 Å².